The molecule has 0 spiro atoms. The monoisotopic (exact) mass is 190 g/mol. The van der Waals surface area contributed by atoms with Crippen molar-refractivity contribution in [3.05, 3.63) is 29.6 Å². The lowest BCUT2D eigenvalue weighted by Crippen LogP contribution is -2.28. The number of aromatic nitrogens is 1. The largest absolute Gasteiger partial charge is 0.316 e. The second kappa shape index (κ2) is 4.33. The van der Waals surface area contributed by atoms with Crippen LogP contribution in [-0.2, 0) is 0 Å². The Morgan fingerprint density at radius 1 is 1.57 bits per heavy atom. The molecule has 0 aromatic carbocycles. The summed E-state index contributed by atoms with van der Waals surface area (Å²) in [5.74, 6) is 0.476. The molecule has 1 N–H and O–H groups in total. The van der Waals surface area contributed by atoms with Gasteiger partial charge in [-0.1, -0.05) is 0 Å². The molecular weight excluding hydrogens is 176 g/mol. The first-order valence-corrected chi connectivity index (χ1v) is 5.02. The van der Waals surface area contributed by atoms with Crippen LogP contribution in [0.3, 0.4) is 0 Å². The highest BCUT2D eigenvalue weighted by Gasteiger charge is 2.16. The van der Waals surface area contributed by atoms with Crippen molar-refractivity contribution in [2.45, 2.75) is 18.8 Å². The molecule has 3 heteroatoms. The van der Waals surface area contributed by atoms with Crippen molar-refractivity contribution in [2.24, 2.45) is 0 Å². The molecule has 1 unspecified atom stereocenters. The smallest absolute Gasteiger partial charge is 0.150 e. The van der Waals surface area contributed by atoms with E-state index in [1.54, 1.807) is 12.3 Å². The molecule has 0 radical (unpaired) electrons. The van der Waals surface area contributed by atoms with Crippen LogP contribution in [0, 0.1) is 0 Å². The lowest BCUT2D eigenvalue weighted by Gasteiger charge is -2.22. The van der Waals surface area contributed by atoms with E-state index in [-0.39, 0.29) is 0 Å². The summed E-state index contributed by atoms with van der Waals surface area (Å²) in [6.45, 7) is 2.08. The van der Waals surface area contributed by atoms with Gasteiger partial charge in [-0.25, -0.2) is 0 Å². The third-order valence-electron chi connectivity index (χ3n) is 2.66. The molecule has 74 valence electrons. The van der Waals surface area contributed by atoms with Crippen LogP contribution in [-0.4, -0.2) is 24.4 Å². The topological polar surface area (TPSA) is 42.0 Å². The van der Waals surface area contributed by atoms with Crippen molar-refractivity contribution >= 4 is 6.29 Å². The molecule has 0 saturated carbocycles. The second-order valence-corrected chi connectivity index (χ2v) is 3.68. The molecule has 1 saturated heterocycles. The van der Waals surface area contributed by atoms with E-state index in [4.69, 9.17) is 0 Å². The zero-order chi connectivity index (χ0) is 9.80. The molecule has 1 aromatic rings. The lowest BCUT2D eigenvalue weighted by molar-refractivity contribution is 0.112. The molecule has 2 heterocycles. The van der Waals surface area contributed by atoms with Crippen molar-refractivity contribution in [1.29, 1.82) is 0 Å². The summed E-state index contributed by atoms with van der Waals surface area (Å²) in [6, 6.07) is 3.64. The van der Waals surface area contributed by atoms with Crippen molar-refractivity contribution < 1.29 is 4.79 Å². The number of carbonyl (C=O) groups is 1. The number of piperidine rings is 1. The Morgan fingerprint density at radius 3 is 3.21 bits per heavy atom. The standard InChI is InChI=1S/C11H14N2O/c14-8-9-3-5-13-11(6-9)10-2-1-4-12-7-10/h3,5-6,8,10,12H,1-2,4,7H2. The lowest BCUT2D eigenvalue weighted by atomic mass is 9.95. The van der Waals surface area contributed by atoms with Gasteiger partial charge in [0.05, 0.1) is 0 Å². The number of carbonyl (C=O) groups excluding carboxylic acids is 1. The van der Waals surface area contributed by atoms with Gasteiger partial charge in [0.2, 0.25) is 0 Å². The number of rotatable bonds is 2. The van der Waals surface area contributed by atoms with Gasteiger partial charge in [0.1, 0.15) is 6.29 Å². The van der Waals surface area contributed by atoms with Gasteiger partial charge < -0.3 is 5.32 Å². The minimum absolute atomic E-state index is 0.476. The van der Waals surface area contributed by atoms with Crippen LogP contribution in [0.25, 0.3) is 0 Å². The van der Waals surface area contributed by atoms with Crippen LogP contribution in [0.4, 0.5) is 0 Å². The second-order valence-electron chi connectivity index (χ2n) is 3.68. The Bertz CT molecular complexity index is 319. The Labute approximate surface area is 83.5 Å². The van der Waals surface area contributed by atoms with E-state index in [1.165, 1.54) is 12.8 Å². The number of nitrogens with zero attached hydrogens (tertiary/aromatic N) is 1. The Balaban J connectivity index is 2.17. The summed E-state index contributed by atoms with van der Waals surface area (Å²) in [7, 11) is 0. The highest BCUT2D eigenvalue weighted by Crippen LogP contribution is 2.21. The zero-order valence-electron chi connectivity index (χ0n) is 8.07. The number of nitrogens with one attached hydrogen (secondary N) is 1. The van der Waals surface area contributed by atoms with Crippen LogP contribution in [0.1, 0.15) is 34.8 Å². The van der Waals surface area contributed by atoms with E-state index in [1.807, 2.05) is 6.07 Å². The molecule has 0 bridgehead atoms. The normalized spacial score (nSPS) is 21.9. The van der Waals surface area contributed by atoms with E-state index < -0.39 is 0 Å². The number of hydrogen-bond donors (Lipinski definition) is 1. The number of aldehydes is 1. The van der Waals surface area contributed by atoms with Gasteiger partial charge in [-0.15, -0.1) is 0 Å². The predicted molar refractivity (Wildman–Crippen MR) is 54.5 cm³/mol. The summed E-state index contributed by atoms with van der Waals surface area (Å²) < 4.78 is 0. The SMILES string of the molecule is O=Cc1ccnc(C2CCCNC2)c1. The van der Waals surface area contributed by atoms with Gasteiger partial charge in [-0.2, -0.15) is 0 Å². The van der Waals surface area contributed by atoms with E-state index in [9.17, 15) is 4.79 Å². The van der Waals surface area contributed by atoms with Crippen molar-refractivity contribution in [3.63, 3.8) is 0 Å². The summed E-state index contributed by atoms with van der Waals surface area (Å²) in [6.07, 6.45) is 4.95. The molecule has 0 amide bonds. The van der Waals surface area contributed by atoms with Crippen molar-refractivity contribution in [3.8, 4) is 0 Å². The molecule has 3 nitrogen and oxygen atoms in total. The van der Waals surface area contributed by atoms with Crippen LogP contribution in [0.5, 0.6) is 0 Å². The number of pyridine rings is 1. The highest BCUT2D eigenvalue weighted by molar-refractivity contribution is 5.74. The third-order valence-corrected chi connectivity index (χ3v) is 2.66. The maximum Gasteiger partial charge on any atom is 0.150 e. The van der Waals surface area contributed by atoms with Crippen LogP contribution in [0.15, 0.2) is 18.3 Å². The van der Waals surface area contributed by atoms with Gasteiger partial charge in [-0.3, -0.25) is 9.78 Å². The zero-order valence-corrected chi connectivity index (χ0v) is 8.07. The third kappa shape index (κ3) is 1.99. The molecule has 1 aromatic heterocycles. The molecule has 1 aliphatic rings. The Kier molecular flexibility index (Phi) is 2.89. The van der Waals surface area contributed by atoms with Crippen molar-refractivity contribution in [2.75, 3.05) is 13.1 Å². The average molecular weight is 190 g/mol. The van der Waals surface area contributed by atoms with E-state index in [0.717, 1.165) is 30.6 Å². The fourth-order valence-electron chi connectivity index (χ4n) is 1.87. The minimum atomic E-state index is 0.476. The molecule has 14 heavy (non-hydrogen) atoms. The minimum Gasteiger partial charge on any atom is -0.316 e. The number of hydrogen-bond acceptors (Lipinski definition) is 3. The first-order chi connectivity index (χ1) is 6.90. The maximum absolute atomic E-state index is 10.6. The van der Waals surface area contributed by atoms with E-state index >= 15 is 0 Å². The molecular formula is C11H14N2O. The maximum atomic E-state index is 10.6. The van der Waals surface area contributed by atoms with Gasteiger partial charge in [0.25, 0.3) is 0 Å². The van der Waals surface area contributed by atoms with Gasteiger partial charge in [0, 0.05) is 29.9 Å². The van der Waals surface area contributed by atoms with Crippen molar-refractivity contribution in [1.82, 2.24) is 10.3 Å². The van der Waals surface area contributed by atoms with Gasteiger partial charge in [-0.05, 0) is 31.5 Å². The molecule has 2 rings (SSSR count). The van der Waals surface area contributed by atoms with Gasteiger partial charge in [0.15, 0.2) is 0 Å². The van der Waals surface area contributed by atoms with Crippen LogP contribution in [0.2, 0.25) is 0 Å². The summed E-state index contributed by atoms with van der Waals surface area (Å²) in [5.41, 5.74) is 1.77. The summed E-state index contributed by atoms with van der Waals surface area (Å²) in [4.78, 5) is 14.9. The van der Waals surface area contributed by atoms with E-state index in [2.05, 4.69) is 10.3 Å². The first-order valence-electron chi connectivity index (χ1n) is 5.02. The molecule has 1 fully saturated rings. The average Bonchev–Trinajstić information content (AvgIpc) is 2.30. The quantitative estimate of drug-likeness (QED) is 0.716. The van der Waals surface area contributed by atoms with Crippen LogP contribution >= 0.6 is 0 Å². The van der Waals surface area contributed by atoms with E-state index in [0.29, 0.717) is 5.92 Å². The molecule has 0 aliphatic carbocycles. The molecule has 1 atom stereocenters. The Hall–Kier alpha value is -1.22. The molecule has 1 aliphatic heterocycles. The summed E-state index contributed by atoms with van der Waals surface area (Å²) >= 11 is 0. The fraction of sp³-hybridized carbons (Fsp3) is 0.455. The Morgan fingerprint density at radius 2 is 2.50 bits per heavy atom. The predicted octanol–water partition coefficient (Wildman–Crippen LogP) is 1.36. The highest BCUT2D eigenvalue weighted by atomic mass is 16.1. The summed E-state index contributed by atoms with van der Waals surface area (Å²) in [5, 5.41) is 3.34. The first kappa shape index (κ1) is 9.34. The van der Waals surface area contributed by atoms with Gasteiger partial charge >= 0.3 is 0 Å². The fourth-order valence-corrected chi connectivity index (χ4v) is 1.87. The van der Waals surface area contributed by atoms with Crippen LogP contribution < -0.4 is 5.32 Å².